The molecule has 0 fully saturated rings. The number of nitrogens with zero attached hydrogens (tertiary/aromatic N) is 1. The number of furan rings is 1. The number of hydrogen-bond acceptors (Lipinski definition) is 2. The molecule has 0 bridgehead atoms. The lowest BCUT2D eigenvalue weighted by atomic mass is 10.0. The Morgan fingerprint density at radius 3 is 1.68 bits per heavy atom. The van der Waals surface area contributed by atoms with Crippen LogP contribution in [0.15, 0.2) is 168 Å². The molecule has 0 aliphatic rings. The molecule has 0 saturated heterocycles. The van der Waals surface area contributed by atoms with E-state index in [2.05, 4.69) is 150 Å². The maximum atomic E-state index is 6.13. The van der Waals surface area contributed by atoms with Gasteiger partial charge in [-0.05, 0) is 76.9 Å². The van der Waals surface area contributed by atoms with Gasteiger partial charge in [-0.2, -0.15) is 0 Å². The fraction of sp³-hybridized carbons (Fsp3) is 0. The maximum Gasteiger partial charge on any atom is 0.135 e. The van der Waals surface area contributed by atoms with E-state index in [1.54, 1.807) is 0 Å². The van der Waals surface area contributed by atoms with E-state index in [0.717, 1.165) is 50.5 Å². The van der Waals surface area contributed by atoms with Crippen LogP contribution in [0.1, 0.15) is 0 Å². The Morgan fingerprint density at radius 2 is 0.900 bits per heavy atom. The van der Waals surface area contributed by atoms with Gasteiger partial charge in [0.25, 0.3) is 0 Å². The molecule has 1 aromatic heterocycles. The Morgan fingerprint density at radius 1 is 0.350 bits per heavy atom. The van der Waals surface area contributed by atoms with Crippen molar-refractivity contribution in [1.82, 2.24) is 0 Å². The van der Waals surface area contributed by atoms with Gasteiger partial charge in [0.1, 0.15) is 11.3 Å². The Kier molecular flexibility index (Phi) is 6.20. The standard InChI is InChI=1S/C38H27NO/c1-3-11-28(12-4-1)31-15-10-19-36(26-31)39(34-17-5-2-6-18-34)35-23-21-29(22-24-35)30-14-9-16-32(25-30)38-27-33-13-7-8-20-37(33)40-38/h1-27H. The van der Waals surface area contributed by atoms with Crippen molar-refractivity contribution in [3.05, 3.63) is 164 Å². The van der Waals surface area contributed by atoms with Crippen LogP contribution in [0.5, 0.6) is 0 Å². The maximum absolute atomic E-state index is 6.13. The summed E-state index contributed by atoms with van der Waals surface area (Å²) in [5.41, 5.74) is 10.0. The summed E-state index contributed by atoms with van der Waals surface area (Å²) in [6.07, 6.45) is 0. The molecule has 0 spiro atoms. The molecule has 0 unspecified atom stereocenters. The summed E-state index contributed by atoms with van der Waals surface area (Å²) < 4.78 is 6.13. The van der Waals surface area contributed by atoms with Gasteiger partial charge in [0.2, 0.25) is 0 Å². The van der Waals surface area contributed by atoms with Crippen LogP contribution in [-0.2, 0) is 0 Å². The summed E-state index contributed by atoms with van der Waals surface area (Å²) in [5, 5.41) is 1.12. The monoisotopic (exact) mass is 513 g/mol. The molecule has 0 radical (unpaired) electrons. The molecule has 0 N–H and O–H groups in total. The minimum absolute atomic E-state index is 0.883. The van der Waals surface area contributed by atoms with Gasteiger partial charge in [-0.1, -0.05) is 109 Å². The highest BCUT2D eigenvalue weighted by molar-refractivity contribution is 5.84. The van der Waals surface area contributed by atoms with Gasteiger partial charge in [0.15, 0.2) is 0 Å². The van der Waals surface area contributed by atoms with Crippen molar-refractivity contribution in [2.45, 2.75) is 0 Å². The predicted molar refractivity (Wildman–Crippen MR) is 167 cm³/mol. The van der Waals surface area contributed by atoms with Crippen LogP contribution in [0.3, 0.4) is 0 Å². The molecule has 7 rings (SSSR count). The summed E-state index contributed by atoms with van der Waals surface area (Å²) in [6.45, 7) is 0. The van der Waals surface area contributed by atoms with E-state index >= 15 is 0 Å². The molecule has 1 heterocycles. The number of rotatable bonds is 6. The van der Waals surface area contributed by atoms with Crippen molar-refractivity contribution >= 4 is 28.0 Å². The molecule has 190 valence electrons. The highest BCUT2D eigenvalue weighted by Gasteiger charge is 2.14. The molecule has 6 aromatic carbocycles. The second-order valence-electron chi connectivity index (χ2n) is 9.86. The molecule has 2 heteroatoms. The van der Waals surface area contributed by atoms with Crippen molar-refractivity contribution in [3.8, 4) is 33.6 Å². The van der Waals surface area contributed by atoms with Crippen molar-refractivity contribution in [2.75, 3.05) is 4.90 Å². The van der Waals surface area contributed by atoms with E-state index < -0.39 is 0 Å². The van der Waals surface area contributed by atoms with Gasteiger partial charge in [-0.15, -0.1) is 0 Å². The quantitative estimate of drug-likeness (QED) is 0.220. The molecular weight excluding hydrogens is 486 g/mol. The zero-order chi connectivity index (χ0) is 26.7. The van der Waals surface area contributed by atoms with E-state index in [1.165, 1.54) is 11.1 Å². The topological polar surface area (TPSA) is 16.4 Å². The average Bonchev–Trinajstić information content (AvgIpc) is 3.48. The molecule has 0 aliphatic heterocycles. The van der Waals surface area contributed by atoms with E-state index in [0.29, 0.717) is 0 Å². The summed E-state index contributed by atoms with van der Waals surface area (Å²) in [4.78, 5) is 2.31. The second kappa shape index (κ2) is 10.4. The first-order valence-electron chi connectivity index (χ1n) is 13.5. The van der Waals surface area contributed by atoms with Crippen molar-refractivity contribution in [2.24, 2.45) is 0 Å². The number of anilines is 3. The van der Waals surface area contributed by atoms with Crippen molar-refractivity contribution in [1.29, 1.82) is 0 Å². The number of para-hydroxylation sites is 2. The Bertz CT molecular complexity index is 1850. The van der Waals surface area contributed by atoms with Gasteiger partial charge in [0.05, 0.1) is 0 Å². The highest BCUT2D eigenvalue weighted by atomic mass is 16.3. The van der Waals surface area contributed by atoms with Gasteiger partial charge >= 0.3 is 0 Å². The minimum atomic E-state index is 0.883. The summed E-state index contributed by atoms with van der Waals surface area (Å²) in [6, 6.07) is 57.4. The predicted octanol–water partition coefficient (Wildman–Crippen LogP) is 10.9. The van der Waals surface area contributed by atoms with Crippen LogP contribution in [0.25, 0.3) is 44.5 Å². The third kappa shape index (κ3) is 4.68. The SMILES string of the molecule is c1ccc(-c2cccc(N(c3ccccc3)c3ccc(-c4cccc(-c5cc6ccccc6o5)c4)cc3)c2)cc1. The van der Waals surface area contributed by atoms with E-state index in [9.17, 15) is 0 Å². The molecule has 7 aromatic rings. The Hall–Kier alpha value is -5.34. The average molecular weight is 514 g/mol. The molecule has 0 saturated carbocycles. The number of benzene rings is 6. The van der Waals surface area contributed by atoms with Gasteiger partial charge < -0.3 is 9.32 Å². The van der Waals surface area contributed by atoms with E-state index in [-0.39, 0.29) is 0 Å². The lowest BCUT2D eigenvalue weighted by Gasteiger charge is -2.26. The zero-order valence-electron chi connectivity index (χ0n) is 21.9. The van der Waals surface area contributed by atoms with E-state index in [1.807, 2.05) is 18.2 Å². The first-order valence-corrected chi connectivity index (χ1v) is 13.5. The lowest BCUT2D eigenvalue weighted by molar-refractivity contribution is 0.631. The Balaban J connectivity index is 1.24. The first-order chi connectivity index (χ1) is 19.8. The number of fused-ring (bicyclic) bond motifs is 1. The molecule has 40 heavy (non-hydrogen) atoms. The molecule has 0 amide bonds. The zero-order valence-corrected chi connectivity index (χ0v) is 21.9. The van der Waals surface area contributed by atoms with Crippen LogP contribution in [0.2, 0.25) is 0 Å². The van der Waals surface area contributed by atoms with Crippen LogP contribution >= 0.6 is 0 Å². The van der Waals surface area contributed by atoms with Gasteiger partial charge in [-0.3, -0.25) is 0 Å². The smallest absolute Gasteiger partial charge is 0.135 e. The third-order valence-corrected chi connectivity index (χ3v) is 7.26. The van der Waals surface area contributed by atoms with Gasteiger partial charge in [0, 0.05) is 28.0 Å². The van der Waals surface area contributed by atoms with Crippen LogP contribution < -0.4 is 4.90 Å². The summed E-state index contributed by atoms with van der Waals surface area (Å²) in [7, 11) is 0. The molecule has 0 aliphatic carbocycles. The van der Waals surface area contributed by atoms with Crippen LogP contribution in [-0.4, -0.2) is 0 Å². The largest absolute Gasteiger partial charge is 0.456 e. The molecule has 2 nitrogen and oxygen atoms in total. The van der Waals surface area contributed by atoms with Crippen LogP contribution in [0, 0.1) is 0 Å². The number of hydrogen-bond donors (Lipinski definition) is 0. The third-order valence-electron chi connectivity index (χ3n) is 7.26. The molecular formula is C38H27NO. The van der Waals surface area contributed by atoms with E-state index in [4.69, 9.17) is 4.42 Å². The van der Waals surface area contributed by atoms with Crippen molar-refractivity contribution < 1.29 is 4.42 Å². The van der Waals surface area contributed by atoms with Crippen molar-refractivity contribution in [3.63, 3.8) is 0 Å². The second-order valence-corrected chi connectivity index (χ2v) is 9.86. The first kappa shape index (κ1) is 23.8. The molecule has 0 atom stereocenters. The minimum Gasteiger partial charge on any atom is -0.456 e. The van der Waals surface area contributed by atoms with Crippen LogP contribution in [0.4, 0.5) is 17.1 Å². The fourth-order valence-electron chi connectivity index (χ4n) is 5.26. The van der Waals surface area contributed by atoms with Gasteiger partial charge in [-0.25, -0.2) is 0 Å². The normalized spacial score (nSPS) is 11.0. The summed E-state index contributed by atoms with van der Waals surface area (Å²) in [5.74, 6) is 0.883. The lowest BCUT2D eigenvalue weighted by Crippen LogP contribution is -2.09. The highest BCUT2D eigenvalue weighted by Crippen LogP contribution is 2.38. The summed E-state index contributed by atoms with van der Waals surface area (Å²) >= 11 is 0. The Labute approximate surface area is 234 Å². The fourth-order valence-corrected chi connectivity index (χ4v) is 5.26.